The van der Waals surface area contributed by atoms with Crippen molar-refractivity contribution in [1.29, 1.82) is 0 Å². The molecule has 0 aromatic rings. The molecule has 0 aromatic carbocycles. The molecule has 0 aromatic heterocycles. The monoisotopic (exact) mass is 240 g/mol. The first-order chi connectivity index (χ1) is 8.18. The van der Waals surface area contributed by atoms with Gasteiger partial charge in [0.05, 0.1) is 13.2 Å². The quantitative estimate of drug-likeness (QED) is 0.813. The van der Waals surface area contributed by atoms with Crippen molar-refractivity contribution in [3.8, 4) is 0 Å². The van der Waals surface area contributed by atoms with Gasteiger partial charge in [-0.25, -0.2) is 0 Å². The summed E-state index contributed by atoms with van der Waals surface area (Å²) < 4.78 is 5.43. The first kappa shape index (κ1) is 13.3. The van der Waals surface area contributed by atoms with Crippen molar-refractivity contribution in [2.75, 3.05) is 32.8 Å². The molecule has 1 aliphatic carbocycles. The molecule has 0 radical (unpaired) electrons. The van der Waals surface area contributed by atoms with Crippen LogP contribution in [0.2, 0.25) is 0 Å². The lowest BCUT2D eigenvalue weighted by Crippen LogP contribution is -2.56. The molecule has 1 aliphatic heterocycles. The fourth-order valence-corrected chi connectivity index (χ4v) is 2.98. The van der Waals surface area contributed by atoms with Gasteiger partial charge in [-0.3, -0.25) is 4.90 Å². The summed E-state index contributed by atoms with van der Waals surface area (Å²) >= 11 is 0. The van der Waals surface area contributed by atoms with E-state index in [1.54, 1.807) is 0 Å². The third-order valence-electron chi connectivity index (χ3n) is 4.30. The van der Waals surface area contributed by atoms with Crippen molar-refractivity contribution in [2.24, 2.45) is 0 Å². The van der Waals surface area contributed by atoms with Gasteiger partial charge in [-0.05, 0) is 26.7 Å². The van der Waals surface area contributed by atoms with E-state index in [4.69, 9.17) is 4.74 Å². The molecule has 3 nitrogen and oxygen atoms in total. The van der Waals surface area contributed by atoms with Gasteiger partial charge in [0, 0.05) is 31.2 Å². The summed E-state index contributed by atoms with van der Waals surface area (Å²) in [6.07, 6.45) is 7.01. The first-order valence-corrected chi connectivity index (χ1v) is 7.25. The molecule has 100 valence electrons. The van der Waals surface area contributed by atoms with Crippen LogP contribution < -0.4 is 5.32 Å². The molecule has 0 bridgehead atoms. The van der Waals surface area contributed by atoms with Gasteiger partial charge >= 0.3 is 0 Å². The van der Waals surface area contributed by atoms with E-state index in [1.807, 2.05) is 0 Å². The number of morpholine rings is 1. The molecule has 1 saturated carbocycles. The summed E-state index contributed by atoms with van der Waals surface area (Å²) in [5.41, 5.74) is 0.265. The Labute approximate surface area is 106 Å². The Morgan fingerprint density at radius 2 is 1.76 bits per heavy atom. The van der Waals surface area contributed by atoms with Gasteiger partial charge < -0.3 is 10.1 Å². The standard InChI is InChI=1S/C14H28N2O/c1-14(2,16-8-10-17-11-9-16)12-15-13-6-4-3-5-7-13/h13,15H,3-12H2,1-2H3. The van der Waals surface area contributed by atoms with Crippen molar-refractivity contribution < 1.29 is 4.74 Å². The highest BCUT2D eigenvalue weighted by atomic mass is 16.5. The van der Waals surface area contributed by atoms with Crippen molar-refractivity contribution in [1.82, 2.24) is 10.2 Å². The normalized spacial score (nSPS) is 25.1. The zero-order valence-corrected chi connectivity index (χ0v) is 11.5. The summed E-state index contributed by atoms with van der Waals surface area (Å²) in [6.45, 7) is 9.78. The van der Waals surface area contributed by atoms with Gasteiger partial charge in [0.2, 0.25) is 0 Å². The lowest BCUT2D eigenvalue weighted by atomic mass is 9.94. The van der Waals surface area contributed by atoms with Gasteiger partial charge in [-0.1, -0.05) is 19.3 Å². The molecule has 3 heteroatoms. The SMILES string of the molecule is CC(C)(CNC1CCCCC1)N1CCOCC1. The molecule has 2 rings (SSSR count). The topological polar surface area (TPSA) is 24.5 Å². The molecule has 2 aliphatic rings. The zero-order valence-electron chi connectivity index (χ0n) is 11.5. The maximum atomic E-state index is 5.43. The molecule has 0 atom stereocenters. The molecular formula is C14H28N2O. The van der Waals surface area contributed by atoms with E-state index in [9.17, 15) is 0 Å². The van der Waals surface area contributed by atoms with Gasteiger partial charge in [-0.2, -0.15) is 0 Å². The second kappa shape index (κ2) is 6.17. The van der Waals surface area contributed by atoms with Gasteiger partial charge in [0.25, 0.3) is 0 Å². The Hall–Kier alpha value is -0.120. The smallest absolute Gasteiger partial charge is 0.0594 e. The van der Waals surface area contributed by atoms with Crippen molar-refractivity contribution in [3.05, 3.63) is 0 Å². The predicted octanol–water partition coefficient (Wildman–Crippen LogP) is 2.02. The molecule has 1 heterocycles. The maximum Gasteiger partial charge on any atom is 0.0594 e. The van der Waals surface area contributed by atoms with Crippen LogP contribution in [0.4, 0.5) is 0 Å². The number of nitrogens with one attached hydrogen (secondary N) is 1. The fourth-order valence-electron chi connectivity index (χ4n) is 2.98. The average Bonchev–Trinajstić information content (AvgIpc) is 2.39. The van der Waals surface area contributed by atoms with Crippen molar-refractivity contribution in [2.45, 2.75) is 57.5 Å². The second-order valence-corrected chi connectivity index (χ2v) is 6.13. The molecule has 1 N–H and O–H groups in total. The molecule has 0 amide bonds. The van der Waals surface area contributed by atoms with Gasteiger partial charge in [0.1, 0.15) is 0 Å². The van der Waals surface area contributed by atoms with E-state index in [2.05, 4.69) is 24.1 Å². The van der Waals surface area contributed by atoms with Crippen LogP contribution in [-0.2, 0) is 4.74 Å². The van der Waals surface area contributed by atoms with Crippen LogP contribution in [0.25, 0.3) is 0 Å². The average molecular weight is 240 g/mol. The molecule has 17 heavy (non-hydrogen) atoms. The molecule has 2 fully saturated rings. The Bertz CT molecular complexity index is 218. The highest BCUT2D eigenvalue weighted by molar-refractivity contribution is 4.87. The summed E-state index contributed by atoms with van der Waals surface area (Å²) in [5, 5.41) is 3.78. The van der Waals surface area contributed by atoms with E-state index in [1.165, 1.54) is 32.1 Å². The Morgan fingerprint density at radius 3 is 2.41 bits per heavy atom. The van der Waals surface area contributed by atoms with Crippen LogP contribution in [0.1, 0.15) is 46.0 Å². The van der Waals surface area contributed by atoms with Crippen LogP contribution in [-0.4, -0.2) is 49.3 Å². The number of nitrogens with zero attached hydrogens (tertiary/aromatic N) is 1. The van der Waals surface area contributed by atoms with Crippen molar-refractivity contribution in [3.63, 3.8) is 0 Å². The number of hydrogen-bond donors (Lipinski definition) is 1. The second-order valence-electron chi connectivity index (χ2n) is 6.13. The van der Waals surface area contributed by atoms with Crippen molar-refractivity contribution >= 4 is 0 Å². The van der Waals surface area contributed by atoms with Gasteiger partial charge in [0.15, 0.2) is 0 Å². The van der Waals surface area contributed by atoms with Crippen LogP contribution in [0.15, 0.2) is 0 Å². The Morgan fingerprint density at radius 1 is 1.12 bits per heavy atom. The van der Waals surface area contributed by atoms with Crippen LogP contribution in [0.5, 0.6) is 0 Å². The van der Waals surface area contributed by atoms with Crippen LogP contribution in [0, 0.1) is 0 Å². The summed E-state index contributed by atoms with van der Waals surface area (Å²) in [6, 6.07) is 0.768. The lowest BCUT2D eigenvalue weighted by molar-refractivity contribution is -0.0106. The number of rotatable bonds is 4. The maximum absolute atomic E-state index is 5.43. The number of ether oxygens (including phenoxy) is 1. The third-order valence-corrected chi connectivity index (χ3v) is 4.30. The van der Waals surface area contributed by atoms with E-state index in [0.717, 1.165) is 38.9 Å². The third kappa shape index (κ3) is 3.94. The minimum Gasteiger partial charge on any atom is -0.379 e. The minimum atomic E-state index is 0.265. The molecule has 1 saturated heterocycles. The summed E-state index contributed by atoms with van der Waals surface area (Å²) in [5.74, 6) is 0. The largest absolute Gasteiger partial charge is 0.379 e. The highest BCUT2D eigenvalue weighted by Gasteiger charge is 2.28. The molecular weight excluding hydrogens is 212 g/mol. The van der Waals surface area contributed by atoms with E-state index in [-0.39, 0.29) is 5.54 Å². The fraction of sp³-hybridized carbons (Fsp3) is 1.00. The summed E-state index contributed by atoms with van der Waals surface area (Å²) in [7, 11) is 0. The van der Waals surface area contributed by atoms with E-state index < -0.39 is 0 Å². The van der Waals surface area contributed by atoms with Gasteiger partial charge in [-0.15, -0.1) is 0 Å². The zero-order chi connectivity index (χ0) is 12.1. The van der Waals surface area contributed by atoms with E-state index in [0.29, 0.717) is 0 Å². The minimum absolute atomic E-state index is 0.265. The first-order valence-electron chi connectivity index (χ1n) is 7.25. The lowest BCUT2D eigenvalue weighted by Gasteiger charge is -2.42. The number of hydrogen-bond acceptors (Lipinski definition) is 3. The highest BCUT2D eigenvalue weighted by Crippen LogP contribution is 2.20. The Balaban J connectivity index is 1.75. The molecule has 0 spiro atoms. The van der Waals surface area contributed by atoms with Crippen LogP contribution in [0.3, 0.4) is 0 Å². The Kier molecular flexibility index (Phi) is 4.83. The molecule has 0 unspecified atom stereocenters. The summed E-state index contributed by atoms with van der Waals surface area (Å²) in [4.78, 5) is 2.56. The predicted molar refractivity (Wildman–Crippen MR) is 71.3 cm³/mol. The van der Waals surface area contributed by atoms with Crippen LogP contribution >= 0.6 is 0 Å². The van der Waals surface area contributed by atoms with E-state index >= 15 is 0 Å².